The predicted molar refractivity (Wildman–Crippen MR) is 91.6 cm³/mol. The number of nitrogens with zero attached hydrogens (tertiary/aromatic N) is 4. The molecule has 1 aromatic heterocycles. The van der Waals surface area contributed by atoms with Crippen molar-refractivity contribution in [2.45, 2.75) is 20.4 Å². The lowest BCUT2D eigenvalue weighted by Crippen LogP contribution is -2.42. The average molecular weight is 330 g/mol. The Morgan fingerprint density at radius 1 is 1.12 bits per heavy atom. The fourth-order valence-corrected chi connectivity index (χ4v) is 2.50. The number of para-hydroxylation sites is 2. The molecule has 1 aromatic carbocycles. The molecule has 0 spiro atoms. The van der Waals surface area contributed by atoms with E-state index in [9.17, 15) is 14.4 Å². The van der Waals surface area contributed by atoms with Crippen LogP contribution >= 0.6 is 0 Å². The fourth-order valence-electron chi connectivity index (χ4n) is 2.50. The second-order valence-electron chi connectivity index (χ2n) is 5.49. The van der Waals surface area contributed by atoms with Gasteiger partial charge in [-0.3, -0.25) is 19.0 Å². The van der Waals surface area contributed by atoms with Crippen LogP contribution in [0, 0.1) is 0 Å². The molecule has 2 amide bonds. The number of carbonyl (C=O) groups excluding carboxylic acids is 2. The average Bonchev–Trinajstić information content (AvgIpc) is 2.58. The van der Waals surface area contributed by atoms with Crippen molar-refractivity contribution in [3.63, 3.8) is 0 Å². The highest BCUT2D eigenvalue weighted by molar-refractivity contribution is 5.85. The van der Waals surface area contributed by atoms with Gasteiger partial charge in [-0.1, -0.05) is 12.1 Å². The Balaban J connectivity index is 2.16. The number of hydrogen-bond acceptors (Lipinski definition) is 4. The number of likely N-dealkylation sites (N-methyl/N-ethyl adjacent to an activating group) is 2. The van der Waals surface area contributed by atoms with Crippen LogP contribution in [-0.4, -0.2) is 57.8 Å². The summed E-state index contributed by atoms with van der Waals surface area (Å²) < 4.78 is 1.38. The van der Waals surface area contributed by atoms with Crippen LogP contribution in [0.15, 0.2) is 35.3 Å². The Bertz CT molecular complexity index is 796. The third kappa shape index (κ3) is 3.79. The molecule has 128 valence electrons. The molecule has 0 aliphatic carbocycles. The molecule has 1 heterocycles. The summed E-state index contributed by atoms with van der Waals surface area (Å²) in [6, 6.07) is 7.14. The monoisotopic (exact) mass is 330 g/mol. The maximum Gasteiger partial charge on any atom is 0.269 e. The molecular formula is C17H22N4O3. The Morgan fingerprint density at radius 3 is 2.46 bits per heavy atom. The van der Waals surface area contributed by atoms with Crippen molar-refractivity contribution in [2.24, 2.45) is 0 Å². The molecule has 0 saturated carbocycles. The van der Waals surface area contributed by atoms with Crippen molar-refractivity contribution in [1.29, 1.82) is 0 Å². The first-order chi connectivity index (χ1) is 11.5. The number of aromatic nitrogens is 2. The second kappa shape index (κ2) is 7.72. The van der Waals surface area contributed by atoms with Gasteiger partial charge in [-0.05, 0) is 26.0 Å². The molecule has 0 N–H and O–H groups in total. The molecule has 7 nitrogen and oxygen atoms in total. The van der Waals surface area contributed by atoms with Crippen molar-refractivity contribution in [1.82, 2.24) is 19.4 Å². The van der Waals surface area contributed by atoms with Gasteiger partial charge < -0.3 is 9.80 Å². The van der Waals surface area contributed by atoms with Crippen molar-refractivity contribution in [3.8, 4) is 0 Å². The molecule has 0 bridgehead atoms. The first-order valence-corrected chi connectivity index (χ1v) is 7.94. The smallest absolute Gasteiger partial charge is 0.269 e. The van der Waals surface area contributed by atoms with E-state index >= 15 is 0 Å². The Morgan fingerprint density at radius 2 is 1.79 bits per heavy atom. The largest absolute Gasteiger partial charge is 0.342 e. The van der Waals surface area contributed by atoms with Crippen molar-refractivity contribution in [2.75, 3.05) is 26.7 Å². The van der Waals surface area contributed by atoms with Crippen molar-refractivity contribution in [3.05, 3.63) is 40.8 Å². The van der Waals surface area contributed by atoms with Gasteiger partial charge in [0.15, 0.2) is 0 Å². The van der Waals surface area contributed by atoms with Crippen molar-refractivity contribution >= 4 is 22.8 Å². The van der Waals surface area contributed by atoms with E-state index < -0.39 is 0 Å². The first-order valence-electron chi connectivity index (χ1n) is 7.94. The van der Waals surface area contributed by atoms with Gasteiger partial charge in [-0.15, -0.1) is 0 Å². The lowest BCUT2D eigenvalue weighted by molar-refractivity contribution is -0.139. The lowest BCUT2D eigenvalue weighted by atomic mass is 10.3. The second-order valence-corrected chi connectivity index (χ2v) is 5.49. The summed E-state index contributed by atoms with van der Waals surface area (Å²) in [6.45, 7) is 4.87. The molecule has 0 radical (unpaired) electrons. The Kier molecular flexibility index (Phi) is 5.68. The molecule has 0 atom stereocenters. The highest BCUT2D eigenvalue weighted by atomic mass is 16.2. The molecule has 0 aliphatic heterocycles. The zero-order chi connectivity index (χ0) is 17.7. The van der Waals surface area contributed by atoms with Gasteiger partial charge in [0.25, 0.3) is 5.56 Å². The normalized spacial score (nSPS) is 10.6. The minimum atomic E-state index is -0.342. The fraction of sp³-hybridized carbons (Fsp3) is 0.412. The van der Waals surface area contributed by atoms with Gasteiger partial charge in [0, 0.05) is 20.1 Å². The molecule has 0 unspecified atom stereocenters. The number of amides is 2. The van der Waals surface area contributed by atoms with Gasteiger partial charge in [0.2, 0.25) is 11.8 Å². The first kappa shape index (κ1) is 17.7. The molecule has 0 aliphatic rings. The van der Waals surface area contributed by atoms with Crippen LogP contribution in [-0.2, 0) is 16.1 Å². The number of carbonyl (C=O) groups is 2. The summed E-state index contributed by atoms with van der Waals surface area (Å²) in [7, 11) is 1.57. The van der Waals surface area contributed by atoms with E-state index in [1.807, 2.05) is 19.9 Å². The minimum absolute atomic E-state index is 0.00171. The predicted octanol–water partition coefficient (Wildman–Crippen LogP) is 0.723. The number of fused-ring (bicyclic) bond motifs is 1. The quantitative estimate of drug-likeness (QED) is 0.782. The van der Waals surface area contributed by atoms with Crippen LogP contribution in [0.1, 0.15) is 13.8 Å². The Labute approximate surface area is 140 Å². The SMILES string of the molecule is CCN(CC)C(=O)CN(C)C(=O)Cn1c(=O)cnc2ccccc21. The molecule has 2 rings (SSSR count). The number of benzene rings is 1. The van der Waals surface area contributed by atoms with Crippen LogP contribution in [0.5, 0.6) is 0 Å². The summed E-state index contributed by atoms with van der Waals surface area (Å²) in [5.74, 6) is -0.406. The summed E-state index contributed by atoms with van der Waals surface area (Å²) >= 11 is 0. The van der Waals surface area contributed by atoms with Crippen molar-refractivity contribution < 1.29 is 9.59 Å². The van der Waals surface area contributed by atoms with E-state index in [-0.39, 0.29) is 30.5 Å². The van der Waals surface area contributed by atoms with E-state index in [1.54, 1.807) is 30.1 Å². The van der Waals surface area contributed by atoms with Gasteiger partial charge in [0.1, 0.15) is 6.54 Å². The van der Waals surface area contributed by atoms with E-state index in [0.717, 1.165) is 0 Å². The highest BCUT2D eigenvalue weighted by Gasteiger charge is 2.18. The van der Waals surface area contributed by atoms with E-state index in [0.29, 0.717) is 24.1 Å². The Hall–Kier alpha value is -2.70. The molecule has 0 fully saturated rings. The van der Waals surface area contributed by atoms with Crippen LogP contribution in [0.3, 0.4) is 0 Å². The van der Waals surface area contributed by atoms with Gasteiger partial charge in [-0.25, -0.2) is 4.98 Å². The van der Waals surface area contributed by atoms with Gasteiger partial charge in [0.05, 0.1) is 23.8 Å². The minimum Gasteiger partial charge on any atom is -0.342 e. The van der Waals surface area contributed by atoms with E-state index in [4.69, 9.17) is 0 Å². The standard InChI is InChI=1S/C17H22N4O3/c1-4-20(5-2)17(24)11-19(3)16(23)12-21-14-9-7-6-8-13(14)18-10-15(21)22/h6-10H,4-5,11-12H2,1-3H3. The van der Waals surface area contributed by atoms with Crippen LogP contribution in [0.4, 0.5) is 0 Å². The third-order valence-electron chi connectivity index (χ3n) is 3.96. The summed E-state index contributed by atoms with van der Waals surface area (Å²) in [5, 5.41) is 0. The molecule has 7 heteroatoms. The maximum atomic E-state index is 12.4. The molecular weight excluding hydrogens is 308 g/mol. The van der Waals surface area contributed by atoms with Gasteiger partial charge in [-0.2, -0.15) is 0 Å². The number of hydrogen-bond donors (Lipinski definition) is 0. The van der Waals surface area contributed by atoms with E-state index in [1.165, 1.54) is 15.7 Å². The number of rotatable bonds is 6. The molecule has 0 saturated heterocycles. The topological polar surface area (TPSA) is 75.5 Å². The molecule has 24 heavy (non-hydrogen) atoms. The zero-order valence-corrected chi connectivity index (χ0v) is 14.2. The maximum absolute atomic E-state index is 12.4. The van der Waals surface area contributed by atoms with Crippen LogP contribution in [0.2, 0.25) is 0 Å². The highest BCUT2D eigenvalue weighted by Crippen LogP contribution is 2.08. The molecule has 2 aromatic rings. The van der Waals surface area contributed by atoms with Crippen LogP contribution in [0.25, 0.3) is 11.0 Å². The summed E-state index contributed by atoms with van der Waals surface area (Å²) in [5.41, 5.74) is 0.902. The summed E-state index contributed by atoms with van der Waals surface area (Å²) in [4.78, 5) is 43.7. The summed E-state index contributed by atoms with van der Waals surface area (Å²) in [6.07, 6.45) is 1.21. The van der Waals surface area contributed by atoms with E-state index in [2.05, 4.69) is 4.98 Å². The van der Waals surface area contributed by atoms with Gasteiger partial charge >= 0.3 is 0 Å². The van der Waals surface area contributed by atoms with Crippen LogP contribution < -0.4 is 5.56 Å². The third-order valence-corrected chi connectivity index (χ3v) is 3.96. The lowest BCUT2D eigenvalue weighted by Gasteiger charge is -2.23. The zero-order valence-electron chi connectivity index (χ0n) is 14.2.